The molecule has 0 spiro atoms. The molecule has 9 heteroatoms. The molecule has 49 heavy (non-hydrogen) atoms. The molecule has 6 rings (SSSR count). The number of hydrogen-bond acceptors (Lipinski definition) is 7. The van der Waals surface area contributed by atoms with Gasteiger partial charge in [0.25, 0.3) is 0 Å². The summed E-state index contributed by atoms with van der Waals surface area (Å²) in [4.78, 5) is 33.7. The van der Waals surface area contributed by atoms with Gasteiger partial charge in [-0.3, -0.25) is 19.5 Å². The van der Waals surface area contributed by atoms with E-state index >= 15 is 0 Å². The summed E-state index contributed by atoms with van der Waals surface area (Å²) in [5.41, 5.74) is 6.09. The number of hydrogen-bond donors (Lipinski definition) is 4. The lowest BCUT2D eigenvalue weighted by molar-refractivity contribution is -0.123. The molecule has 1 aliphatic carbocycles. The fourth-order valence-electron chi connectivity index (χ4n) is 7.23. The Bertz CT molecular complexity index is 1860. The van der Waals surface area contributed by atoms with Gasteiger partial charge in [0.15, 0.2) is 0 Å². The fraction of sp³-hybridized carbons (Fsp3) is 0.275. The van der Waals surface area contributed by atoms with Crippen LogP contribution in [0.2, 0.25) is 5.02 Å². The van der Waals surface area contributed by atoms with Crippen LogP contribution in [0.4, 0.5) is 17.1 Å². The van der Waals surface area contributed by atoms with Gasteiger partial charge in [0.05, 0.1) is 41.0 Å². The molecule has 2 heterocycles. The Hall–Kier alpha value is -4.76. The van der Waals surface area contributed by atoms with Gasteiger partial charge in [-0.15, -0.1) is 0 Å². The van der Waals surface area contributed by atoms with Crippen molar-refractivity contribution in [3.8, 4) is 5.75 Å². The summed E-state index contributed by atoms with van der Waals surface area (Å²) in [6.07, 6.45) is 5.18. The van der Waals surface area contributed by atoms with Gasteiger partial charge in [0.2, 0.25) is 11.8 Å². The van der Waals surface area contributed by atoms with Crippen molar-refractivity contribution in [2.24, 2.45) is 17.8 Å². The number of allylic oxidation sites excluding steroid dienone is 2. The van der Waals surface area contributed by atoms with Gasteiger partial charge < -0.3 is 20.6 Å². The number of rotatable bonds is 12. The summed E-state index contributed by atoms with van der Waals surface area (Å²) in [7, 11) is 0. The molecule has 0 radical (unpaired) electrons. The number of benzene rings is 3. The lowest BCUT2D eigenvalue weighted by Gasteiger charge is -2.36. The fourth-order valence-corrected chi connectivity index (χ4v) is 7.46. The van der Waals surface area contributed by atoms with Crippen LogP contribution in [-0.4, -0.2) is 44.8 Å². The molecular formula is C40H40ClN3O5. The van der Waals surface area contributed by atoms with Crippen molar-refractivity contribution in [2.75, 3.05) is 16.8 Å². The van der Waals surface area contributed by atoms with Gasteiger partial charge in [-0.25, -0.2) is 0 Å². The van der Waals surface area contributed by atoms with E-state index in [4.69, 9.17) is 11.6 Å². The van der Waals surface area contributed by atoms with E-state index in [0.717, 1.165) is 34.6 Å². The monoisotopic (exact) mass is 677 g/mol. The molecule has 1 aromatic heterocycles. The zero-order valence-corrected chi connectivity index (χ0v) is 28.1. The quantitative estimate of drug-likeness (QED) is 0.0892. The van der Waals surface area contributed by atoms with Crippen molar-refractivity contribution in [1.82, 2.24) is 4.98 Å². The lowest BCUT2D eigenvalue weighted by atomic mass is 9.67. The maximum atomic E-state index is 14.1. The molecule has 4 aromatic rings. The van der Waals surface area contributed by atoms with E-state index in [2.05, 4.69) is 10.3 Å². The number of fused-ring (bicyclic) bond motifs is 1. The van der Waals surface area contributed by atoms with Crippen LogP contribution in [0.5, 0.6) is 5.75 Å². The molecule has 0 bridgehead atoms. The Balaban J connectivity index is 1.25. The van der Waals surface area contributed by atoms with Crippen LogP contribution in [0.1, 0.15) is 50.3 Å². The third-order valence-corrected chi connectivity index (χ3v) is 9.80. The van der Waals surface area contributed by atoms with Gasteiger partial charge in [-0.1, -0.05) is 54.8 Å². The van der Waals surface area contributed by atoms with E-state index in [0.29, 0.717) is 47.5 Å². The van der Waals surface area contributed by atoms with Crippen molar-refractivity contribution in [1.29, 1.82) is 0 Å². The summed E-state index contributed by atoms with van der Waals surface area (Å²) in [5.74, 6) is -2.63. The van der Waals surface area contributed by atoms with Crippen LogP contribution in [0, 0.1) is 17.8 Å². The van der Waals surface area contributed by atoms with Gasteiger partial charge in [-0.2, -0.15) is 0 Å². The van der Waals surface area contributed by atoms with E-state index < -0.39 is 23.9 Å². The molecule has 8 nitrogen and oxygen atoms in total. The van der Waals surface area contributed by atoms with Crippen molar-refractivity contribution >= 4 is 52.1 Å². The summed E-state index contributed by atoms with van der Waals surface area (Å²) in [6.45, 7) is 1.68. The first-order chi connectivity index (χ1) is 23.8. The highest BCUT2D eigenvalue weighted by Crippen LogP contribution is 2.48. The van der Waals surface area contributed by atoms with E-state index in [1.807, 2.05) is 73.7 Å². The Morgan fingerprint density at radius 1 is 1.00 bits per heavy atom. The number of anilines is 3. The van der Waals surface area contributed by atoms with Gasteiger partial charge in [0, 0.05) is 23.5 Å². The number of aliphatic hydroxyl groups is 2. The SMILES string of the molecule is CCCC1=C([C@H](O)CC/C(=C/c2ccc(O)cc2Cl)c2ccccn2)[C@H](CO)[C@@H]2C(=O)N(c3ccc(Nc4ccccc4)cc3)C(=O)[C@@H]2C1. The van der Waals surface area contributed by atoms with Crippen LogP contribution in [0.15, 0.2) is 108 Å². The molecule has 3 aromatic carbocycles. The number of halogens is 1. The first-order valence-electron chi connectivity index (χ1n) is 16.7. The number of imide groups is 1. The normalized spacial score (nSPS) is 20.0. The van der Waals surface area contributed by atoms with Crippen LogP contribution in [0.3, 0.4) is 0 Å². The predicted octanol–water partition coefficient (Wildman–Crippen LogP) is 7.78. The molecule has 0 unspecified atom stereocenters. The number of phenols is 1. The summed E-state index contributed by atoms with van der Waals surface area (Å²) >= 11 is 6.43. The minimum Gasteiger partial charge on any atom is -0.508 e. The van der Waals surface area contributed by atoms with Gasteiger partial charge in [-0.05, 0) is 115 Å². The number of nitrogens with one attached hydrogen (secondary N) is 1. The Morgan fingerprint density at radius 2 is 1.73 bits per heavy atom. The molecule has 0 saturated carbocycles. The van der Waals surface area contributed by atoms with E-state index in [-0.39, 0.29) is 24.2 Å². The van der Waals surface area contributed by atoms with Crippen LogP contribution < -0.4 is 10.2 Å². The zero-order valence-electron chi connectivity index (χ0n) is 27.3. The van der Waals surface area contributed by atoms with E-state index in [1.165, 1.54) is 11.0 Å². The number of pyridine rings is 1. The zero-order chi connectivity index (χ0) is 34.5. The third-order valence-electron chi connectivity index (χ3n) is 9.47. The highest BCUT2D eigenvalue weighted by Gasteiger charge is 2.55. The molecule has 252 valence electrons. The Morgan fingerprint density at radius 3 is 2.41 bits per heavy atom. The molecule has 4 atom stereocenters. The Kier molecular flexibility index (Phi) is 10.6. The van der Waals surface area contributed by atoms with Crippen molar-refractivity contribution in [2.45, 2.75) is 45.1 Å². The number of carbonyl (C=O) groups excluding carboxylic acids is 2. The maximum absolute atomic E-state index is 14.1. The van der Waals surface area contributed by atoms with Gasteiger partial charge in [0.1, 0.15) is 5.75 Å². The van der Waals surface area contributed by atoms with Crippen molar-refractivity contribution in [3.63, 3.8) is 0 Å². The minimum atomic E-state index is -0.956. The summed E-state index contributed by atoms with van der Waals surface area (Å²) < 4.78 is 0. The summed E-state index contributed by atoms with van der Waals surface area (Å²) in [5, 5.41) is 36.2. The number of aliphatic hydroxyl groups excluding tert-OH is 2. The Labute approximate surface area is 291 Å². The van der Waals surface area contributed by atoms with Crippen LogP contribution >= 0.6 is 11.6 Å². The first kappa shape index (κ1) is 34.1. The second kappa shape index (κ2) is 15.2. The number of nitrogens with zero attached hydrogens (tertiary/aromatic N) is 2. The van der Waals surface area contributed by atoms with E-state index in [9.17, 15) is 24.9 Å². The smallest absolute Gasteiger partial charge is 0.238 e. The molecule has 1 aliphatic heterocycles. The predicted molar refractivity (Wildman–Crippen MR) is 193 cm³/mol. The number of phenolic OH excluding ortho intramolecular Hbond substituents is 1. The van der Waals surface area contributed by atoms with Crippen LogP contribution in [0.25, 0.3) is 11.6 Å². The molecular weight excluding hydrogens is 638 g/mol. The highest BCUT2D eigenvalue weighted by molar-refractivity contribution is 6.32. The third kappa shape index (κ3) is 7.32. The van der Waals surface area contributed by atoms with Gasteiger partial charge >= 0.3 is 0 Å². The number of aromatic hydroxyl groups is 1. The second-order valence-corrected chi connectivity index (χ2v) is 13.0. The average molecular weight is 678 g/mol. The van der Waals surface area contributed by atoms with Crippen molar-refractivity contribution in [3.05, 3.63) is 125 Å². The standard InChI is InChI=1S/C40H40ClN3O5/c1-2-8-27-22-32-38(40(49)44(39(32)48)30-16-14-29(15-17-30)43-28-9-4-3-5-10-28)33(24-45)37(27)36(47)19-13-26(35-11-6-7-20-42-35)21-25-12-18-31(46)23-34(25)41/h3-7,9-12,14-18,20-21,23,32-33,36,38,43,45-47H,2,8,13,19,22,24H2,1H3/b26-21-/t32-,33+,36-,38-/m1/s1. The van der Waals surface area contributed by atoms with E-state index in [1.54, 1.807) is 30.5 Å². The topological polar surface area (TPSA) is 123 Å². The number of para-hydroxylation sites is 1. The molecule has 4 N–H and O–H groups in total. The molecule has 1 saturated heterocycles. The van der Waals surface area contributed by atoms with Crippen LogP contribution in [-0.2, 0) is 9.59 Å². The molecule has 2 aliphatic rings. The average Bonchev–Trinajstić information content (AvgIpc) is 3.36. The largest absolute Gasteiger partial charge is 0.508 e. The summed E-state index contributed by atoms with van der Waals surface area (Å²) in [6, 6.07) is 27.3. The first-order valence-corrected chi connectivity index (χ1v) is 17.1. The maximum Gasteiger partial charge on any atom is 0.238 e. The molecule has 1 fully saturated rings. The highest BCUT2D eigenvalue weighted by atomic mass is 35.5. The molecule has 2 amide bonds. The number of amides is 2. The minimum absolute atomic E-state index is 0.0635. The van der Waals surface area contributed by atoms with Crippen molar-refractivity contribution < 1.29 is 24.9 Å². The second-order valence-electron chi connectivity index (χ2n) is 12.6. The number of aromatic nitrogens is 1. The lowest BCUT2D eigenvalue weighted by Crippen LogP contribution is -2.39. The number of carbonyl (C=O) groups is 2.